The molecule has 1 unspecified atom stereocenters. The summed E-state index contributed by atoms with van der Waals surface area (Å²) in [6.07, 6.45) is 4.95. The quantitative estimate of drug-likeness (QED) is 0.785. The molecule has 0 aromatic heterocycles. The maximum Gasteiger partial charge on any atom is 0.260 e. The van der Waals surface area contributed by atoms with Crippen molar-refractivity contribution in [1.29, 1.82) is 0 Å². The molecule has 0 bridgehead atoms. The Morgan fingerprint density at radius 2 is 2.14 bits per heavy atom. The molecule has 0 radical (unpaired) electrons. The SMILES string of the molecule is COCCCNC(=O)C(C)Oc1cccc2c1CCCC2. The summed E-state index contributed by atoms with van der Waals surface area (Å²) in [5, 5.41) is 2.87. The summed E-state index contributed by atoms with van der Waals surface area (Å²) in [7, 11) is 1.66. The molecule has 1 aromatic carbocycles. The van der Waals surface area contributed by atoms with Crippen molar-refractivity contribution in [2.75, 3.05) is 20.3 Å². The molecule has 0 heterocycles. The van der Waals surface area contributed by atoms with E-state index in [0.29, 0.717) is 13.2 Å². The molecular formula is C17H25NO3. The van der Waals surface area contributed by atoms with Crippen molar-refractivity contribution < 1.29 is 14.3 Å². The van der Waals surface area contributed by atoms with Gasteiger partial charge in [0.05, 0.1) is 0 Å². The van der Waals surface area contributed by atoms with Crippen LogP contribution < -0.4 is 10.1 Å². The van der Waals surface area contributed by atoms with Crippen molar-refractivity contribution in [2.24, 2.45) is 0 Å². The predicted octanol–water partition coefficient (Wildman–Crippen LogP) is 2.49. The Balaban J connectivity index is 1.90. The Bertz CT molecular complexity index is 473. The van der Waals surface area contributed by atoms with E-state index in [1.54, 1.807) is 14.0 Å². The van der Waals surface area contributed by atoms with E-state index in [2.05, 4.69) is 11.4 Å². The highest BCUT2D eigenvalue weighted by atomic mass is 16.5. The number of ether oxygens (including phenoxy) is 2. The van der Waals surface area contributed by atoms with Crippen molar-refractivity contribution in [2.45, 2.75) is 45.1 Å². The fraction of sp³-hybridized carbons (Fsp3) is 0.588. The van der Waals surface area contributed by atoms with Crippen LogP contribution in [-0.4, -0.2) is 32.3 Å². The van der Waals surface area contributed by atoms with Crippen LogP contribution in [0.25, 0.3) is 0 Å². The van der Waals surface area contributed by atoms with Gasteiger partial charge in [0, 0.05) is 20.3 Å². The molecule has 4 nitrogen and oxygen atoms in total. The van der Waals surface area contributed by atoms with E-state index in [1.807, 2.05) is 12.1 Å². The maximum atomic E-state index is 12.0. The molecule has 1 aliphatic carbocycles. The van der Waals surface area contributed by atoms with Crippen LogP contribution >= 0.6 is 0 Å². The summed E-state index contributed by atoms with van der Waals surface area (Å²) in [6.45, 7) is 3.07. The number of rotatable bonds is 7. The first-order valence-corrected chi connectivity index (χ1v) is 7.76. The van der Waals surface area contributed by atoms with E-state index in [9.17, 15) is 4.79 Å². The van der Waals surface area contributed by atoms with Gasteiger partial charge >= 0.3 is 0 Å². The Morgan fingerprint density at radius 1 is 1.33 bits per heavy atom. The molecule has 21 heavy (non-hydrogen) atoms. The molecular weight excluding hydrogens is 266 g/mol. The van der Waals surface area contributed by atoms with Crippen LogP contribution in [0.1, 0.15) is 37.3 Å². The van der Waals surface area contributed by atoms with E-state index < -0.39 is 6.10 Å². The molecule has 0 saturated heterocycles. The zero-order valence-corrected chi connectivity index (χ0v) is 13.0. The lowest BCUT2D eigenvalue weighted by Gasteiger charge is -2.22. The molecule has 1 aliphatic rings. The fourth-order valence-corrected chi connectivity index (χ4v) is 2.67. The highest BCUT2D eigenvalue weighted by Crippen LogP contribution is 2.30. The highest BCUT2D eigenvalue weighted by Gasteiger charge is 2.18. The number of aryl methyl sites for hydroxylation is 1. The Morgan fingerprint density at radius 3 is 2.95 bits per heavy atom. The summed E-state index contributed by atoms with van der Waals surface area (Å²) in [5.41, 5.74) is 2.65. The maximum absolute atomic E-state index is 12.0. The fourth-order valence-electron chi connectivity index (χ4n) is 2.67. The Hall–Kier alpha value is -1.55. The van der Waals surface area contributed by atoms with Crippen molar-refractivity contribution in [3.63, 3.8) is 0 Å². The first kappa shape index (κ1) is 15.8. The number of nitrogens with one attached hydrogen (secondary N) is 1. The van der Waals surface area contributed by atoms with Crippen LogP contribution in [0.2, 0.25) is 0 Å². The number of hydrogen-bond donors (Lipinski definition) is 1. The largest absolute Gasteiger partial charge is 0.481 e. The summed E-state index contributed by atoms with van der Waals surface area (Å²) in [4.78, 5) is 12.0. The number of fused-ring (bicyclic) bond motifs is 1. The lowest BCUT2D eigenvalue weighted by atomic mass is 9.91. The zero-order valence-electron chi connectivity index (χ0n) is 13.0. The molecule has 1 aromatic rings. The number of methoxy groups -OCH3 is 1. The van der Waals surface area contributed by atoms with Crippen LogP contribution in [0, 0.1) is 0 Å². The lowest BCUT2D eigenvalue weighted by Crippen LogP contribution is -2.37. The van der Waals surface area contributed by atoms with Gasteiger partial charge in [-0.15, -0.1) is 0 Å². The number of amides is 1. The number of benzene rings is 1. The average Bonchev–Trinajstić information content (AvgIpc) is 2.51. The first-order valence-electron chi connectivity index (χ1n) is 7.76. The van der Waals surface area contributed by atoms with Crippen molar-refractivity contribution in [3.8, 4) is 5.75 Å². The minimum atomic E-state index is -0.471. The van der Waals surface area contributed by atoms with E-state index in [0.717, 1.165) is 25.0 Å². The van der Waals surface area contributed by atoms with E-state index >= 15 is 0 Å². The predicted molar refractivity (Wildman–Crippen MR) is 82.7 cm³/mol. The number of carbonyl (C=O) groups excluding carboxylic acids is 1. The van der Waals surface area contributed by atoms with E-state index in [4.69, 9.17) is 9.47 Å². The molecule has 1 atom stereocenters. The van der Waals surface area contributed by atoms with Gasteiger partial charge in [0.2, 0.25) is 0 Å². The van der Waals surface area contributed by atoms with Gasteiger partial charge in [0.1, 0.15) is 5.75 Å². The van der Waals surface area contributed by atoms with Gasteiger partial charge in [-0.1, -0.05) is 12.1 Å². The molecule has 0 fully saturated rings. The van der Waals surface area contributed by atoms with Gasteiger partial charge in [0.15, 0.2) is 6.10 Å². The first-order chi connectivity index (χ1) is 10.2. The molecule has 4 heteroatoms. The average molecular weight is 291 g/mol. The second-order valence-corrected chi connectivity index (χ2v) is 5.50. The third kappa shape index (κ3) is 4.46. The van der Waals surface area contributed by atoms with Crippen LogP contribution in [-0.2, 0) is 22.4 Å². The van der Waals surface area contributed by atoms with E-state index in [-0.39, 0.29) is 5.91 Å². The molecule has 0 saturated carbocycles. The normalized spacial score (nSPS) is 15.1. The second-order valence-electron chi connectivity index (χ2n) is 5.50. The van der Waals surface area contributed by atoms with Gasteiger partial charge < -0.3 is 14.8 Å². The second kappa shape index (κ2) is 8.03. The van der Waals surface area contributed by atoms with Gasteiger partial charge in [-0.2, -0.15) is 0 Å². The van der Waals surface area contributed by atoms with E-state index in [1.165, 1.54) is 24.0 Å². The Labute approximate surface area is 126 Å². The minimum absolute atomic E-state index is 0.0699. The summed E-state index contributed by atoms with van der Waals surface area (Å²) in [6, 6.07) is 6.15. The summed E-state index contributed by atoms with van der Waals surface area (Å²) < 4.78 is 10.8. The standard InChI is InChI=1S/C17H25NO3/c1-13(17(19)18-11-6-12-20-2)21-16-10-5-8-14-7-3-4-9-15(14)16/h5,8,10,13H,3-4,6-7,9,11-12H2,1-2H3,(H,18,19). The number of carbonyl (C=O) groups is 1. The van der Waals surface area contributed by atoms with Crippen LogP contribution in [0.5, 0.6) is 5.75 Å². The highest BCUT2D eigenvalue weighted by molar-refractivity contribution is 5.80. The molecule has 0 spiro atoms. The summed E-state index contributed by atoms with van der Waals surface area (Å²) >= 11 is 0. The molecule has 1 amide bonds. The Kier molecular flexibility index (Phi) is 6.05. The van der Waals surface area contributed by atoms with Gasteiger partial charge in [-0.3, -0.25) is 4.79 Å². The molecule has 116 valence electrons. The van der Waals surface area contributed by atoms with Crippen LogP contribution in [0.15, 0.2) is 18.2 Å². The zero-order chi connectivity index (χ0) is 15.1. The van der Waals surface area contributed by atoms with Gasteiger partial charge in [0.25, 0.3) is 5.91 Å². The lowest BCUT2D eigenvalue weighted by molar-refractivity contribution is -0.127. The number of hydrogen-bond acceptors (Lipinski definition) is 3. The third-order valence-electron chi connectivity index (χ3n) is 3.85. The summed E-state index contributed by atoms with van der Waals surface area (Å²) in [5.74, 6) is 0.797. The molecule has 2 rings (SSSR count). The monoisotopic (exact) mass is 291 g/mol. The van der Waals surface area contributed by atoms with Crippen molar-refractivity contribution in [1.82, 2.24) is 5.32 Å². The van der Waals surface area contributed by atoms with Crippen LogP contribution in [0.4, 0.5) is 0 Å². The third-order valence-corrected chi connectivity index (χ3v) is 3.85. The van der Waals surface area contributed by atoms with Gasteiger partial charge in [-0.25, -0.2) is 0 Å². The molecule has 0 aliphatic heterocycles. The topological polar surface area (TPSA) is 47.6 Å². The minimum Gasteiger partial charge on any atom is -0.481 e. The molecule has 1 N–H and O–H groups in total. The van der Waals surface area contributed by atoms with Crippen molar-refractivity contribution in [3.05, 3.63) is 29.3 Å². The van der Waals surface area contributed by atoms with Gasteiger partial charge in [-0.05, 0) is 56.2 Å². The van der Waals surface area contributed by atoms with Crippen molar-refractivity contribution >= 4 is 5.91 Å². The smallest absolute Gasteiger partial charge is 0.260 e. The van der Waals surface area contributed by atoms with Crippen LogP contribution in [0.3, 0.4) is 0 Å².